The number of rotatable bonds is 5. The second-order valence-electron chi connectivity index (χ2n) is 2.67. The van der Waals surface area contributed by atoms with Gasteiger partial charge in [0.1, 0.15) is 11.4 Å². The van der Waals surface area contributed by atoms with Crippen LogP contribution in [0.3, 0.4) is 0 Å². The van der Waals surface area contributed by atoms with E-state index < -0.39 is 5.91 Å². The minimum atomic E-state index is -0.563. The number of amides is 1. The number of nitrogens with two attached hydrogens (primary N) is 1. The molecule has 3 N–H and O–H groups in total. The zero-order valence-corrected chi connectivity index (χ0v) is 7.64. The Labute approximate surface area is 81.5 Å². The maximum absolute atomic E-state index is 10.7. The molecule has 5 nitrogen and oxygen atoms in total. The van der Waals surface area contributed by atoms with Crippen molar-refractivity contribution in [3.05, 3.63) is 24.0 Å². The predicted octanol–water partition coefficient (Wildman–Crippen LogP) is -0.0583. The lowest BCUT2D eigenvalue weighted by Gasteiger charge is -2.04. The second-order valence-corrected chi connectivity index (χ2v) is 2.67. The van der Waals surface area contributed by atoms with Crippen molar-refractivity contribution in [2.75, 3.05) is 13.2 Å². The van der Waals surface area contributed by atoms with Gasteiger partial charge in [0.2, 0.25) is 0 Å². The summed E-state index contributed by atoms with van der Waals surface area (Å²) < 4.78 is 5.21. The number of ether oxygens (including phenoxy) is 1. The SMILES string of the molecule is NC(=O)c1ccc(OCCCO)cn1. The quantitative estimate of drug-likeness (QED) is 0.646. The van der Waals surface area contributed by atoms with Crippen LogP contribution < -0.4 is 10.5 Å². The summed E-state index contributed by atoms with van der Waals surface area (Å²) in [7, 11) is 0. The Morgan fingerprint density at radius 3 is 2.86 bits per heavy atom. The molecule has 0 saturated carbocycles. The molecule has 0 bridgehead atoms. The van der Waals surface area contributed by atoms with Crippen LogP contribution in [0, 0.1) is 0 Å². The summed E-state index contributed by atoms with van der Waals surface area (Å²) in [6.07, 6.45) is 2.00. The average Bonchev–Trinajstić information content (AvgIpc) is 2.19. The van der Waals surface area contributed by atoms with Crippen LogP contribution >= 0.6 is 0 Å². The van der Waals surface area contributed by atoms with E-state index in [2.05, 4.69) is 4.98 Å². The minimum Gasteiger partial charge on any atom is -0.492 e. The summed E-state index contributed by atoms with van der Waals surface area (Å²) in [4.78, 5) is 14.5. The Balaban J connectivity index is 2.51. The Morgan fingerprint density at radius 1 is 1.57 bits per heavy atom. The number of carbonyl (C=O) groups is 1. The number of aliphatic hydroxyl groups is 1. The third-order valence-corrected chi connectivity index (χ3v) is 1.56. The van der Waals surface area contributed by atoms with Crippen molar-refractivity contribution in [2.24, 2.45) is 5.73 Å². The summed E-state index contributed by atoms with van der Waals surface area (Å²) in [6.45, 7) is 0.515. The van der Waals surface area contributed by atoms with Gasteiger partial charge in [-0.05, 0) is 12.1 Å². The van der Waals surface area contributed by atoms with Gasteiger partial charge in [-0.15, -0.1) is 0 Å². The number of aliphatic hydroxyl groups excluding tert-OH is 1. The fourth-order valence-electron chi connectivity index (χ4n) is 0.866. The van der Waals surface area contributed by atoms with Crippen LogP contribution in [0.2, 0.25) is 0 Å². The van der Waals surface area contributed by atoms with Gasteiger partial charge in [0, 0.05) is 13.0 Å². The van der Waals surface area contributed by atoms with Gasteiger partial charge in [-0.2, -0.15) is 0 Å². The molecule has 0 aliphatic heterocycles. The standard InChI is InChI=1S/C9H12N2O3/c10-9(13)8-3-2-7(6-11-8)14-5-1-4-12/h2-3,6,12H,1,4-5H2,(H2,10,13). The number of pyridine rings is 1. The number of nitrogens with zero attached hydrogens (tertiary/aromatic N) is 1. The molecule has 0 aliphatic carbocycles. The van der Waals surface area contributed by atoms with Crippen molar-refractivity contribution in [1.82, 2.24) is 4.98 Å². The van der Waals surface area contributed by atoms with Gasteiger partial charge in [-0.1, -0.05) is 0 Å². The number of primary amides is 1. The first-order chi connectivity index (χ1) is 6.74. The number of hydrogen-bond donors (Lipinski definition) is 2. The monoisotopic (exact) mass is 196 g/mol. The fourth-order valence-corrected chi connectivity index (χ4v) is 0.866. The molecule has 0 fully saturated rings. The molecule has 0 aromatic carbocycles. The molecule has 0 saturated heterocycles. The topological polar surface area (TPSA) is 85.4 Å². The summed E-state index contributed by atoms with van der Waals surface area (Å²) in [5.41, 5.74) is 5.22. The summed E-state index contributed by atoms with van der Waals surface area (Å²) in [5, 5.41) is 8.50. The van der Waals surface area contributed by atoms with E-state index in [9.17, 15) is 4.79 Å². The van der Waals surface area contributed by atoms with E-state index in [1.54, 1.807) is 6.07 Å². The van der Waals surface area contributed by atoms with Crippen LogP contribution in [0.15, 0.2) is 18.3 Å². The molecule has 1 aromatic rings. The lowest BCUT2D eigenvalue weighted by Crippen LogP contribution is -2.12. The summed E-state index contributed by atoms with van der Waals surface area (Å²) in [5.74, 6) is -0.00430. The molecule has 1 rings (SSSR count). The zero-order chi connectivity index (χ0) is 10.4. The third-order valence-electron chi connectivity index (χ3n) is 1.56. The zero-order valence-electron chi connectivity index (χ0n) is 7.64. The highest BCUT2D eigenvalue weighted by molar-refractivity contribution is 5.90. The number of hydrogen-bond acceptors (Lipinski definition) is 4. The Morgan fingerprint density at radius 2 is 2.36 bits per heavy atom. The van der Waals surface area contributed by atoms with Crippen LogP contribution in [0.4, 0.5) is 0 Å². The first kappa shape index (κ1) is 10.5. The molecular weight excluding hydrogens is 184 g/mol. The number of aromatic nitrogens is 1. The lowest BCUT2D eigenvalue weighted by atomic mass is 10.3. The molecular formula is C9H12N2O3. The molecule has 0 unspecified atom stereocenters. The van der Waals surface area contributed by atoms with Crippen molar-refractivity contribution < 1.29 is 14.6 Å². The molecule has 1 amide bonds. The van der Waals surface area contributed by atoms with Crippen molar-refractivity contribution in [3.8, 4) is 5.75 Å². The third kappa shape index (κ3) is 3.02. The van der Waals surface area contributed by atoms with Gasteiger partial charge >= 0.3 is 0 Å². The van der Waals surface area contributed by atoms with E-state index >= 15 is 0 Å². The van der Waals surface area contributed by atoms with Gasteiger partial charge in [0.15, 0.2) is 0 Å². The van der Waals surface area contributed by atoms with E-state index in [1.807, 2.05) is 0 Å². The van der Waals surface area contributed by atoms with Crippen molar-refractivity contribution in [2.45, 2.75) is 6.42 Å². The second kappa shape index (κ2) is 5.18. The maximum atomic E-state index is 10.7. The Kier molecular flexibility index (Phi) is 3.87. The largest absolute Gasteiger partial charge is 0.492 e. The number of carbonyl (C=O) groups excluding carboxylic acids is 1. The summed E-state index contributed by atoms with van der Waals surface area (Å²) in [6, 6.07) is 3.11. The molecule has 14 heavy (non-hydrogen) atoms. The molecule has 0 spiro atoms. The molecule has 76 valence electrons. The van der Waals surface area contributed by atoms with Crippen LogP contribution in [-0.4, -0.2) is 29.2 Å². The van der Waals surface area contributed by atoms with E-state index in [1.165, 1.54) is 12.3 Å². The van der Waals surface area contributed by atoms with Gasteiger partial charge in [0.05, 0.1) is 12.8 Å². The highest BCUT2D eigenvalue weighted by Crippen LogP contribution is 2.08. The fraction of sp³-hybridized carbons (Fsp3) is 0.333. The van der Waals surface area contributed by atoms with Gasteiger partial charge < -0.3 is 15.6 Å². The predicted molar refractivity (Wildman–Crippen MR) is 50.0 cm³/mol. The Hall–Kier alpha value is -1.62. The van der Waals surface area contributed by atoms with Crippen LogP contribution in [0.25, 0.3) is 0 Å². The van der Waals surface area contributed by atoms with Crippen LogP contribution in [0.1, 0.15) is 16.9 Å². The van der Waals surface area contributed by atoms with E-state index in [4.69, 9.17) is 15.6 Å². The molecule has 1 heterocycles. The van der Waals surface area contributed by atoms with E-state index in [-0.39, 0.29) is 12.3 Å². The first-order valence-electron chi connectivity index (χ1n) is 4.23. The lowest BCUT2D eigenvalue weighted by molar-refractivity contribution is 0.0995. The summed E-state index contributed by atoms with van der Waals surface area (Å²) >= 11 is 0. The average molecular weight is 196 g/mol. The molecule has 0 aliphatic rings. The molecule has 0 radical (unpaired) electrons. The minimum absolute atomic E-state index is 0.0901. The van der Waals surface area contributed by atoms with Crippen molar-refractivity contribution >= 4 is 5.91 Å². The highest BCUT2D eigenvalue weighted by atomic mass is 16.5. The first-order valence-corrected chi connectivity index (χ1v) is 4.23. The van der Waals surface area contributed by atoms with Crippen LogP contribution in [0.5, 0.6) is 5.75 Å². The normalized spacial score (nSPS) is 9.79. The molecule has 1 aromatic heterocycles. The van der Waals surface area contributed by atoms with Crippen molar-refractivity contribution in [1.29, 1.82) is 0 Å². The van der Waals surface area contributed by atoms with E-state index in [0.29, 0.717) is 18.8 Å². The molecule has 0 atom stereocenters. The maximum Gasteiger partial charge on any atom is 0.267 e. The van der Waals surface area contributed by atoms with E-state index in [0.717, 1.165) is 0 Å². The van der Waals surface area contributed by atoms with Gasteiger partial charge in [-0.3, -0.25) is 4.79 Å². The highest BCUT2D eigenvalue weighted by Gasteiger charge is 2.01. The Bertz CT molecular complexity index is 297. The van der Waals surface area contributed by atoms with Crippen molar-refractivity contribution in [3.63, 3.8) is 0 Å². The smallest absolute Gasteiger partial charge is 0.267 e. The van der Waals surface area contributed by atoms with Gasteiger partial charge in [0.25, 0.3) is 5.91 Å². The van der Waals surface area contributed by atoms with Crippen LogP contribution in [-0.2, 0) is 0 Å². The van der Waals surface area contributed by atoms with Gasteiger partial charge in [-0.25, -0.2) is 4.98 Å². The molecule has 5 heteroatoms.